The molecule has 3 aromatic rings. The Morgan fingerprint density at radius 2 is 1.57 bits per heavy atom. The third kappa shape index (κ3) is 4.37. The van der Waals surface area contributed by atoms with Crippen molar-refractivity contribution in [2.45, 2.75) is 44.7 Å². The number of benzene rings is 1. The van der Waals surface area contributed by atoms with Gasteiger partial charge in [-0.1, -0.05) is 48.8 Å². The Morgan fingerprint density at radius 3 is 2.37 bits per heavy atom. The van der Waals surface area contributed by atoms with Crippen LogP contribution in [0.5, 0.6) is 0 Å². The second-order valence-corrected chi connectivity index (χ2v) is 9.20. The Labute approximate surface area is 182 Å². The third-order valence-corrected chi connectivity index (χ3v) is 7.27. The Bertz CT molecular complexity index is 922. The van der Waals surface area contributed by atoms with Crippen molar-refractivity contribution in [3.05, 3.63) is 54.4 Å². The first kappa shape index (κ1) is 19.6. The van der Waals surface area contributed by atoms with Crippen molar-refractivity contribution in [3.8, 4) is 5.13 Å². The molecule has 0 spiro atoms. The van der Waals surface area contributed by atoms with Gasteiger partial charge in [0.25, 0.3) is 0 Å². The minimum absolute atomic E-state index is 0.660. The summed E-state index contributed by atoms with van der Waals surface area (Å²) in [6.07, 6.45) is 8.82. The molecule has 0 unspecified atom stereocenters. The molecule has 0 atom stereocenters. The highest BCUT2D eigenvalue weighted by molar-refractivity contribution is 7.17. The van der Waals surface area contributed by atoms with Crippen molar-refractivity contribution in [2.24, 2.45) is 0 Å². The summed E-state index contributed by atoms with van der Waals surface area (Å²) in [5.74, 6) is 0. The van der Waals surface area contributed by atoms with Crippen LogP contribution in [-0.4, -0.2) is 47.0 Å². The maximum atomic E-state index is 4.52. The molecule has 2 aromatic heterocycles. The zero-order valence-electron chi connectivity index (χ0n) is 17.4. The summed E-state index contributed by atoms with van der Waals surface area (Å²) in [5, 5.41) is 14.8. The molecule has 158 valence electrons. The van der Waals surface area contributed by atoms with E-state index in [0.29, 0.717) is 6.04 Å². The van der Waals surface area contributed by atoms with Gasteiger partial charge in [-0.15, -0.1) is 10.2 Å². The number of aromatic nitrogens is 3. The van der Waals surface area contributed by atoms with E-state index in [9.17, 15) is 0 Å². The van der Waals surface area contributed by atoms with E-state index >= 15 is 0 Å². The number of rotatable bonds is 6. The first-order valence-corrected chi connectivity index (χ1v) is 12.0. The monoisotopic (exact) mass is 422 g/mol. The molecule has 1 saturated carbocycles. The summed E-state index contributed by atoms with van der Waals surface area (Å²) in [5.41, 5.74) is 2.56. The van der Waals surface area contributed by atoms with Crippen LogP contribution in [-0.2, 0) is 6.54 Å². The summed E-state index contributed by atoms with van der Waals surface area (Å²) in [6, 6.07) is 15.6. The van der Waals surface area contributed by atoms with E-state index in [2.05, 4.69) is 78.5 Å². The molecule has 7 heteroatoms. The summed E-state index contributed by atoms with van der Waals surface area (Å²) >= 11 is 1.69. The van der Waals surface area contributed by atoms with Crippen LogP contribution in [0.15, 0.2) is 48.7 Å². The van der Waals surface area contributed by atoms with Crippen LogP contribution in [0.4, 0.5) is 10.8 Å². The zero-order chi connectivity index (χ0) is 20.2. The number of nitrogens with one attached hydrogen (secondary N) is 1. The van der Waals surface area contributed by atoms with Crippen LogP contribution in [0.1, 0.15) is 37.8 Å². The lowest BCUT2D eigenvalue weighted by Gasteiger charge is -2.35. The van der Waals surface area contributed by atoms with Gasteiger partial charge < -0.3 is 15.1 Å². The molecule has 6 nitrogen and oxygen atoms in total. The number of anilines is 2. The van der Waals surface area contributed by atoms with Crippen LogP contribution >= 0.6 is 11.3 Å². The van der Waals surface area contributed by atoms with Gasteiger partial charge in [0.1, 0.15) is 0 Å². The van der Waals surface area contributed by atoms with Crippen molar-refractivity contribution >= 4 is 22.2 Å². The molecule has 1 aromatic carbocycles. The minimum Gasteiger partial charge on any atom is -0.368 e. The number of hydrogen-bond acceptors (Lipinski definition) is 6. The molecule has 3 heterocycles. The molecule has 2 fully saturated rings. The molecule has 0 bridgehead atoms. The lowest BCUT2D eigenvalue weighted by atomic mass is 9.95. The van der Waals surface area contributed by atoms with E-state index < -0.39 is 0 Å². The fourth-order valence-electron chi connectivity index (χ4n) is 4.53. The lowest BCUT2D eigenvalue weighted by molar-refractivity contribution is 0.370. The SMILES string of the molecule is c1ccc(N2CCN(c3nnc(-n4cccc4CNC4CCCCC4)s3)CC2)cc1. The van der Waals surface area contributed by atoms with E-state index in [1.54, 1.807) is 11.3 Å². The average molecular weight is 423 g/mol. The first-order valence-electron chi connectivity index (χ1n) is 11.2. The summed E-state index contributed by atoms with van der Waals surface area (Å²) < 4.78 is 2.19. The van der Waals surface area contributed by atoms with Gasteiger partial charge in [0.2, 0.25) is 10.3 Å². The van der Waals surface area contributed by atoms with E-state index in [1.807, 2.05) is 0 Å². The van der Waals surface area contributed by atoms with Crippen molar-refractivity contribution in [3.63, 3.8) is 0 Å². The van der Waals surface area contributed by atoms with E-state index in [4.69, 9.17) is 0 Å². The fraction of sp³-hybridized carbons (Fsp3) is 0.478. The molecule has 1 N–H and O–H groups in total. The van der Waals surface area contributed by atoms with E-state index in [0.717, 1.165) is 43.0 Å². The summed E-state index contributed by atoms with van der Waals surface area (Å²) in [7, 11) is 0. The van der Waals surface area contributed by atoms with Crippen molar-refractivity contribution in [1.82, 2.24) is 20.1 Å². The maximum Gasteiger partial charge on any atom is 0.218 e. The van der Waals surface area contributed by atoms with E-state index in [1.165, 1.54) is 43.5 Å². The largest absolute Gasteiger partial charge is 0.368 e. The smallest absolute Gasteiger partial charge is 0.218 e. The molecule has 1 saturated heterocycles. The van der Waals surface area contributed by atoms with Gasteiger partial charge in [0.05, 0.1) is 0 Å². The van der Waals surface area contributed by atoms with E-state index in [-0.39, 0.29) is 0 Å². The molecule has 0 radical (unpaired) electrons. The summed E-state index contributed by atoms with van der Waals surface area (Å²) in [6.45, 7) is 4.87. The molecular weight excluding hydrogens is 392 g/mol. The van der Waals surface area contributed by atoms with Gasteiger partial charge >= 0.3 is 0 Å². The van der Waals surface area contributed by atoms with Gasteiger partial charge in [0.15, 0.2) is 0 Å². The highest BCUT2D eigenvalue weighted by Gasteiger charge is 2.21. The Morgan fingerprint density at radius 1 is 0.833 bits per heavy atom. The second-order valence-electron chi connectivity index (χ2n) is 8.26. The normalized spacial score (nSPS) is 18.1. The third-order valence-electron chi connectivity index (χ3n) is 6.29. The van der Waals surface area contributed by atoms with Crippen LogP contribution in [0.2, 0.25) is 0 Å². The Balaban J connectivity index is 1.21. The lowest BCUT2D eigenvalue weighted by Crippen LogP contribution is -2.46. The predicted molar refractivity (Wildman–Crippen MR) is 124 cm³/mol. The van der Waals surface area contributed by atoms with Gasteiger partial charge in [-0.3, -0.25) is 4.57 Å². The number of nitrogens with zero attached hydrogens (tertiary/aromatic N) is 5. The molecule has 5 rings (SSSR count). The topological polar surface area (TPSA) is 49.2 Å². The predicted octanol–water partition coefficient (Wildman–Crippen LogP) is 4.08. The molecule has 30 heavy (non-hydrogen) atoms. The van der Waals surface area contributed by atoms with Crippen molar-refractivity contribution in [2.75, 3.05) is 36.0 Å². The van der Waals surface area contributed by atoms with Gasteiger partial charge in [-0.2, -0.15) is 0 Å². The molecule has 1 aliphatic carbocycles. The van der Waals surface area contributed by atoms with Crippen LogP contribution in [0.25, 0.3) is 5.13 Å². The van der Waals surface area contributed by atoms with Gasteiger partial charge in [0, 0.05) is 56.3 Å². The quantitative estimate of drug-likeness (QED) is 0.649. The van der Waals surface area contributed by atoms with Crippen molar-refractivity contribution in [1.29, 1.82) is 0 Å². The maximum absolute atomic E-state index is 4.52. The molecule has 0 amide bonds. The molecule has 2 aliphatic rings. The first-order chi connectivity index (χ1) is 14.9. The summed E-state index contributed by atoms with van der Waals surface area (Å²) in [4.78, 5) is 4.81. The zero-order valence-corrected chi connectivity index (χ0v) is 18.2. The Kier molecular flexibility index (Phi) is 5.99. The molecular formula is C23H30N6S. The fourth-order valence-corrected chi connectivity index (χ4v) is 5.45. The standard InChI is InChI=1S/C23H30N6S/c1-3-8-19(9-4-1)24-18-21-12-7-13-29(21)23-26-25-22(30-23)28-16-14-27(15-17-28)20-10-5-2-6-11-20/h2,5-7,10-13,19,24H,1,3-4,8-9,14-18H2. The van der Waals surface area contributed by atoms with Crippen LogP contribution < -0.4 is 15.1 Å². The average Bonchev–Trinajstić information content (AvgIpc) is 3.49. The second kappa shape index (κ2) is 9.18. The van der Waals surface area contributed by atoms with Crippen LogP contribution in [0, 0.1) is 0 Å². The number of para-hydroxylation sites is 1. The van der Waals surface area contributed by atoms with Gasteiger partial charge in [-0.25, -0.2) is 0 Å². The van der Waals surface area contributed by atoms with Crippen LogP contribution in [0.3, 0.4) is 0 Å². The number of hydrogen-bond donors (Lipinski definition) is 1. The highest BCUT2D eigenvalue weighted by atomic mass is 32.1. The number of piperazine rings is 1. The Hall–Kier alpha value is -2.38. The van der Waals surface area contributed by atoms with Crippen molar-refractivity contribution < 1.29 is 0 Å². The molecule has 1 aliphatic heterocycles. The van der Waals surface area contributed by atoms with Gasteiger partial charge in [-0.05, 0) is 37.1 Å². The minimum atomic E-state index is 0.660. The highest BCUT2D eigenvalue weighted by Crippen LogP contribution is 2.27.